The minimum absolute atomic E-state index is 0.0251. The van der Waals surface area contributed by atoms with Crippen molar-refractivity contribution in [2.75, 3.05) is 18.9 Å². The normalized spacial score (nSPS) is 21.9. The minimum Gasteiger partial charge on any atom is -0.382 e. The van der Waals surface area contributed by atoms with Crippen molar-refractivity contribution in [3.05, 3.63) is 77.4 Å². The molecular weight excluding hydrogens is 580 g/mol. The smallest absolute Gasteiger partial charge is 0.382 e. The van der Waals surface area contributed by atoms with Gasteiger partial charge in [0.05, 0.1) is 37.3 Å². The third-order valence-electron chi connectivity index (χ3n) is 9.03. The van der Waals surface area contributed by atoms with E-state index in [-0.39, 0.29) is 58.2 Å². The zero-order chi connectivity index (χ0) is 30.7. The molecule has 0 bridgehead atoms. The lowest BCUT2D eigenvalue weighted by Crippen LogP contribution is -2.45. The number of fused-ring (bicyclic) bond motifs is 2. The van der Waals surface area contributed by atoms with Crippen molar-refractivity contribution in [2.45, 2.75) is 50.4 Å². The van der Waals surface area contributed by atoms with E-state index < -0.39 is 29.8 Å². The Morgan fingerprint density at radius 3 is 2.61 bits per heavy atom. The van der Waals surface area contributed by atoms with E-state index in [0.29, 0.717) is 31.0 Å². The summed E-state index contributed by atoms with van der Waals surface area (Å²) in [5.41, 5.74) is 5.93. The number of amides is 1. The van der Waals surface area contributed by atoms with Gasteiger partial charge in [-0.1, -0.05) is 12.5 Å². The fourth-order valence-electron chi connectivity index (χ4n) is 6.57. The number of aromatic nitrogens is 4. The molecule has 9 nitrogen and oxygen atoms in total. The standard InChI is InChI=1S/C31H28F4N6O3/c32-22-10-17(25(42)13-20-12-19(6-7-37-20)31(33,34)35)4-5-21(22)26-27-28(36)38-8-9-40(27)29(39-26)23-11-18-14-44-15-24(18)41(23)30(43)16-2-1-3-16/h4-10,12,16,18,23-24H,1-3,11,13-15H2,(H2,36,38)/t18-,23-,24+/m0/s1. The zero-order valence-corrected chi connectivity index (χ0v) is 23.4. The van der Waals surface area contributed by atoms with E-state index in [9.17, 15) is 22.8 Å². The molecule has 3 atom stereocenters. The average Bonchev–Trinajstić information content (AvgIpc) is 3.65. The van der Waals surface area contributed by atoms with Gasteiger partial charge in [-0.25, -0.2) is 14.4 Å². The highest BCUT2D eigenvalue weighted by Gasteiger charge is 2.50. The summed E-state index contributed by atoms with van der Waals surface area (Å²) in [5.74, 6) is -0.471. The van der Waals surface area contributed by atoms with Gasteiger partial charge in [-0.3, -0.25) is 19.0 Å². The molecule has 3 aromatic heterocycles. The number of ether oxygens (including phenoxy) is 1. The van der Waals surface area contributed by atoms with Gasteiger partial charge in [0.2, 0.25) is 5.91 Å². The number of nitrogen functional groups attached to an aromatic ring is 1. The van der Waals surface area contributed by atoms with E-state index in [2.05, 4.69) is 9.97 Å². The fourth-order valence-corrected chi connectivity index (χ4v) is 6.57. The summed E-state index contributed by atoms with van der Waals surface area (Å²) < 4.78 is 62.5. The van der Waals surface area contributed by atoms with Crippen LogP contribution in [0.3, 0.4) is 0 Å². The SMILES string of the molecule is Nc1nccn2c([C@@H]3C[C@H]4COC[C@H]4N3C(=O)C3CCC3)nc(-c3ccc(C(=O)Cc4cc(C(F)(F)F)ccn4)cc3F)c12. The van der Waals surface area contributed by atoms with Crippen LogP contribution in [0, 0.1) is 17.7 Å². The highest BCUT2D eigenvalue weighted by Crippen LogP contribution is 2.46. The molecule has 5 heterocycles. The van der Waals surface area contributed by atoms with Crippen molar-refractivity contribution in [2.24, 2.45) is 11.8 Å². The van der Waals surface area contributed by atoms with E-state index in [1.165, 1.54) is 18.3 Å². The van der Waals surface area contributed by atoms with Crippen molar-refractivity contribution in [3.8, 4) is 11.3 Å². The number of Topliss-reactive ketones (excluding diaryl/α,β-unsaturated/α-hetero) is 1. The van der Waals surface area contributed by atoms with Crippen LogP contribution >= 0.6 is 0 Å². The molecule has 0 radical (unpaired) electrons. The van der Waals surface area contributed by atoms with Gasteiger partial charge in [0.25, 0.3) is 0 Å². The number of carbonyl (C=O) groups is 2. The molecule has 1 amide bonds. The lowest BCUT2D eigenvalue weighted by atomic mass is 9.84. The molecule has 1 aliphatic carbocycles. The van der Waals surface area contributed by atoms with Gasteiger partial charge in [-0.15, -0.1) is 0 Å². The number of anilines is 1. The second-order valence-corrected chi connectivity index (χ2v) is 11.7. The van der Waals surface area contributed by atoms with Crippen LogP contribution in [0.1, 0.15) is 59.2 Å². The maximum atomic E-state index is 15.7. The number of imidazole rings is 1. The fraction of sp³-hybridized carbons (Fsp3) is 0.387. The summed E-state index contributed by atoms with van der Waals surface area (Å²) >= 11 is 0. The first kappa shape index (κ1) is 28.4. The lowest BCUT2D eigenvalue weighted by Gasteiger charge is -2.35. The van der Waals surface area contributed by atoms with Crippen molar-refractivity contribution in [1.29, 1.82) is 0 Å². The molecule has 4 aromatic rings. The van der Waals surface area contributed by atoms with E-state index >= 15 is 4.39 Å². The number of rotatable bonds is 6. The van der Waals surface area contributed by atoms with Crippen molar-refractivity contribution in [3.63, 3.8) is 0 Å². The number of ketones is 1. The zero-order valence-electron chi connectivity index (χ0n) is 23.4. The van der Waals surface area contributed by atoms with Crippen molar-refractivity contribution in [1.82, 2.24) is 24.3 Å². The van der Waals surface area contributed by atoms with Crippen LogP contribution in [0.4, 0.5) is 23.4 Å². The second kappa shape index (κ2) is 10.7. The number of alkyl halides is 3. The monoisotopic (exact) mass is 608 g/mol. The molecule has 0 unspecified atom stereocenters. The number of nitrogens with two attached hydrogens (primary N) is 1. The Balaban J connectivity index is 1.23. The number of nitrogens with zero attached hydrogens (tertiary/aromatic N) is 5. The van der Waals surface area contributed by atoms with E-state index in [4.69, 9.17) is 15.5 Å². The largest absolute Gasteiger partial charge is 0.416 e. The summed E-state index contributed by atoms with van der Waals surface area (Å²) in [5, 5.41) is 0. The molecule has 2 N–H and O–H groups in total. The summed E-state index contributed by atoms with van der Waals surface area (Å²) in [7, 11) is 0. The minimum atomic E-state index is -4.58. The summed E-state index contributed by atoms with van der Waals surface area (Å²) in [6.45, 7) is 1.01. The Morgan fingerprint density at radius 1 is 1.07 bits per heavy atom. The molecule has 3 fully saturated rings. The highest BCUT2D eigenvalue weighted by molar-refractivity contribution is 5.98. The Labute approximate surface area is 249 Å². The van der Waals surface area contributed by atoms with Gasteiger partial charge in [0, 0.05) is 47.2 Å². The van der Waals surface area contributed by atoms with Crippen LogP contribution in [0.15, 0.2) is 48.9 Å². The Kier molecular flexibility index (Phi) is 6.87. The molecule has 0 spiro atoms. The van der Waals surface area contributed by atoms with E-state index in [0.717, 1.165) is 43.7 Å². The van der Waals surface area contributed by atoms with Crippen molar-refractivity contribution < 1.29 is 31.9 Å². The summed E-state index contributed by atoms with van der Waals surface area (Å²) in [6.07, 6.45) is 2.55. The first-order chi connectivity index (χ1) is 21.1. The molecular formula is C31H28F4N6O3. The van der Waals surface area contributed by atoms with E-state index in [1.54, 1.807) is 10.6 Å². The first-order valence-corrected chi connectivity index (χ1v) is 14.5. The Hall–Kier alpha value is -4.39. The van der Waals surface area contributed by atoms with Crippen molar-refractivity contribution >= 4 is 23.0 Å². The number of pyridine rings is 1. The Bertz CT molecular complexity index is 1790. The number of hydrogen-bond acceptors (Lipinski definition) is 7. The second-order valence-electron chi connectivity index (χ2n) is 11.7. The third kappa shape index (κ3) is 4.79. The lowest BCUT2D eigenvalue weighted by molar-refractivity contribution is -0.142. The quantitative estimate of drug-likeness (QED) is 0.241. The predicted octanol–water partition coefficient (Wildman–Crippen LogP) is 5.05. The molecule has 2 saturated heterocycles. The topological polar surface area (TPSA) is 116 Å². The molecule has 44 heavy (non-hydrogen) atoms. The molecule has 13 heteroatoms. The van der Waals surface area contributed by atoms with Gasteiger partial charge >= 0.3 is 6.18 Å². The van der Waals surface area contributed by atoms with Crippen LogP contribution in [-0.2, 0) is 22.1 Å². The van der Waals surface area contributed by atoms with Gasteiger partial charge in [0.15, 0.2) is 5.78 Å². The van der Waals surface area contributed by atoms with Crippen LogP contribution in [0.2, 0.25) is 0 Å². The molecule has 1 aromatic carbocycles. The van der Waals surface area contributed by atoms with Gasteiger partial charge in [-0.2, -0.15) is 13.2 Å². The maximum absolute atomic E-state index is 15.7. The predicted molar refractivity (Wildman–Crippen MR) is 150 cm³/mol. The maximum Gasteiger partial charge on any atom is 0.416 e. The van der Waals surface area contributed by atoms with Gasteiger partial charge in [-0.05, 0) is 43.5 Å². The number of carbonyl (C=O) groups excluding carboxylic acids is 2. The number of benzene rings is 1. The number of hydrogen-bond donors (Lipinski definition) is 1. The highest BCUT2D eigenvalue weighted by atomic mass is 19.4. The molecule has 2 aliphatic heterocycles. The van der Waals surface area contributed by atoms with Crippen LogP contribution in [-0.4, -0.2) is 55.2 Å². The first-order valence-electron chi connectivity index (χ1n) is 14.5. The molecule has 7 rings (SSSR count). The van der Waals surface area contributed by atoms with Crippen LogP contribution in [0.25, 0.3) is 16.8 Å². The number of likely N-dealkylation sites (tertiary alicyclic amines) is 1. The molecule has 3 aliphatic rings. The average molecular weight is 609 g/mol. The Morgan fingerprint density at radius 2 is 1.89 bits per heavy atom. The summed E-state index contributed by atoms with van der Waals surface area (Å²) in [6, 6.07) is 5.03. The van der Waals surface area contributed by atoms with Crippen LogP contribution < -0.4 is 5.73 Å². The van der Waals surface area contributed by atoms with E-state index in [1.807, 2.05) is 4.90 Å². The molecule has 228 valence electrons. The van der Waals surface area contributed by atoms with Gasteiger partial charge < -0.3 is 15.4 Å². The number of halogens is 4. The van der Waals surface area contributed by atoms with Gasteiger partial charge in [0.1, 0.15) is 28.7 Å². The third-order valence-corrected chi connectivity index (χ3v) is 9.03. The summed E-state index contributed by atoms with van der Waals surface area (Å²) in [4.78, 5) is 41.4. The van der Waals surface area contributed by atoms with Crippen LogP contribution in [0.5, 0.6) is 0 Å². The molecule has 1 saturated carbocycles.